The fourth-order valence-electron chi connectivity index (χ4n) is 1.33. The molecule has 0 saturated carbocycles. The van der Waals surface area contributed by atoms with Gasteiger partial charge in [0.15, 0.2) is 0 Å². The zero-order chi connectivity index (χ0) is 10.6. The summed E-state index contributed by atoms with van der Waals surface area (Å²) < 4.78 is 5.19. The Kier molecular flexibility index (Phi) is 6.68. The van der Waals surface area contributed by atoms with E-state index < -0.39 is 0 Å². The third-order valence-corrected chi connectivity index (χ3v) is 2.30. The lowest BCUT2D eigenvalue weighted by molar-refractivity contribution is 0.404. The van der Waals surface area contributed by atoms with Crippen molar-refractivity contribution in [3.05, 3.63) is 28.8 Å². The zero-order valence-electron chi connectivity index (χ0n) is 8.57. The van der Waals surface area contributed by atoms with Gasteiger partial charge in [-0.2, -0.15) is 0 Å². The summed E-state index contributed by atoms with van der Waals surface area (Å²) in [6.45, 7) is 0.552. The molecule has 0 aliphatic rings. The number of methoxy groups -OCH3 is 1. The SMILES string of the molecule is COc1ccc(Cl)cc1[C@H](N)CCN.Cl. The monoisotopic (exact) mass is 250 g/mol. The molecule has 1 atom stereocenters. The van der Waals surface area contributed by atoms with Crippen molar-refractivity contribution in [3.8, 4) is 5.75 Å². The van der Waals surface area contributed by atoms with E-state index in [1.807, 2.05) is 12.1 Å². The summed E-state index contributed by atoms with van der Waals surface area (Å²) in [6, 6.07) is 5.29. The first-order chi connectivity index (χ1) is 6.69. The van der Waals surface area contributed by atoms with Gasteiger partial charge in [0, 0.05) is 16.6 Å². The topological polar surface area (TPSA) is 61.3 Å². The molecule has 1 aromatic rings. The van der Waals surface area contributed by atoms with Gasteiger partial charge in [0.25, 0.3) is 0 Å². The summed E-state index contributed by atoms with van der Waals surface area (Å²) in [4.78, 5) is 0. The van der Waals surface area contributed by atoms with Crippen LogP contribution in [0.4, 0.5) is 0 Å². The van der Waals surface area contributed by atoms with Gasteiger partial charge in [0.05, 0.1) is 7.11 Å². The van der Waals surface area contributed by atoms with E-state index in [2.05, 4.69) is 0 Å². The van der Waals surface area contributed by atoms with Crippen molar-refractivity contribution in [3.63, 3.8) is 0 Å². The highest BCUT2D eigenvalue weighted by molar-refractivity contribution is 6.30. The van der Waals surface area contributed by atoms with Crippen LogP contribution in [0.25, 0.3) is 0 Å². The molecule has 3 nitrogen and oxygen atoms in total. The molecular weight excluding hydrogens is 235 g/mol. The molecule has 4 N–H and O–H groups in total. The minimum Gasteiger partial charge on any atom is -0.496 e. The van der Waals surface area contributed by atoms with Crippen LogP contribution >= 0.6 is 24.0 Å². The smallest absolute Gasteiger partial charge is 0.123 e. The largest absolute Gasteiger partial charge is 0.496 e. The van der Waals surface area contributed by atoms with Gasteiger partial charge in [-0.25, -0.2) is 0 Å². The standard InChI is InChI=1S/C10H15ClN2O.ClH/c1-14-10-3-2-7(11)6-8(10)9(13)4-5-12;/h2-3,6,9H,4-5,12-13H2,1H3;1H/t9-;/m1./s1. The molecular formula is C10H16Cl2N2O. The second-order valence-electron chi connectivity index (χ2n) is 3.07. The van der Waals surface area contributed by atoms with Crippen molar-refractivity contribution in [2.75, 3.05) is 13.7 Å². The number of hydrogen-bond acceptors (Lipinski definition) is 3. The molecule has 0 spiro atoms. The lowest BCUT2D eigenvalue weighted by Gasteiger charge is -2.15. The van der Waals surface area contributed by atoms with Crippen LogP contribution in [0.3, 0.4) is 0 Å². The lowest BCUT2D eigenvalue weighted by Crippen LogP contribution is -2.16. The normalized spacial score (nSPS) is 11.7. The second kappa shape index (κ2) is 6.90. The van der Waals surface area contributed by atoms with E-state index >= 15 is 0 Å². The minimum absolute atomic E-state index is 0. The van der Waals surface area contributed by atoms with Crippen LogP contribution in [-0.2, 0) is 0 Å². The highest BCUT2D eigenvalue weighted by Gasteiger charge is 2.11. The Labute approximate surface area is 101 Å². The maximum Gasteiger partial charge on any atom is 0.123 e. The molecule has 1 rings (SSSR count). The van der Waals surface area contributed by atoms with Crippen molar-refractivity contribution in [1.82, 2.24) is 0 Å². The first-order valence-corrected chi connectivity index (χ1v) is 4.86. The van der Waals surface area contributed by atoms with Crippen molar-refractivity contribution in [1.29, 1.82) is 0 Å². The van der Waals surface area contributed by atoms with E-state index in [1.165, 1.54) is 0 Å². The molecule has 0 aliphatic carbocycles. The Hall–Kier alpha value is -0.480. The van der Waals surface area contributed by atoms with Crippen LogP contribution in [0.2, 0.25) is 5.02 Å². The number of hydrogen-bond donors (Lipinski definition) is 2. The van der Waals surface area contributed by atoms with Crippen LogP contribution in [-0.4, -0.2) is 13.7 Å². The van der Waals surface area contributed by atoms with E-state index in [0.717, 1.165) is 17.7 Å². The molecule has 0 aliphatic heterocycles. The summed E-state index contributed by atoms with van der Waals surface area (Å²) in [5, 5.41) is 0.660. The quantitative estimate of drug-likeness (QED) is 0.861. The highest BCUT2D eigenvalue weighted by atomic mass is 35.5. The third-order valence-electron chi connectivity index (χ3n) is 2.07. The first-order valence-electron chi connectivity index (χ1n) is 4.48. The van der Waals surface area contributed by atoms with Crippen LogP contribution in [0, 0.1) is 0 Å². The van der Waals surface area contributed by atoms with Gasteiger partial charge in [-0.15, -0.1) is 12.4 Å². The van der Waals surface area contributed by atoms with E-state index in [9.17, 15) is 0 Å². The molecule has 86 valence electrons. The Morgan fingerprint density at radius 3 is 2.67 bits per heavy atom. The van der Waals surface area contributed by atoms with Gasteiger partial charge in [-0.1, -0.05) is 11.6 Å². The van der Waals surface area contributed by atoms with Gasteiger partial charge in [-0.05, 0) is 31.2 Å². The predicted octanol–water partition coefficient (Wildman–Crippen LogP) is 2.12. The van der Waals surface area contributed by atoms with Crippen molar-refractivity contribution in [2.45, 2.75) is 12.5 Å². The summed E-state index contributed by atoms with van der Waals surface area (Å²) in [5.74, 6) is 0.760. The fraction of sp³-hybridized carbons (Fsp3) is 0.400. The van der Waals surface area contributed by atoms with Gasteiger partial charge in [-0.3, -0.25) is 0 Å². The van der Waals surface area contributed by atoms with Crippen molar-refractivity contribution >= 4 is 24.0 Å². The van der Waals surface area contributed by atoms with Crippen LogP contribution < -0.4 is 16.2 Å². The maximum absolute atomic E-state index is 5.93. The van der Waals surface area contributed by atoms with Crippen LogP contribution in [0.1, 0.15) is 18.0 Å². The van der Waals surface area contributed by atoms with Crippen molar-refractivity contribution < 1.29 is 4.74 Å². The summed E-state index contributed by atoms with van der Waals surface area (Å²) in [5.41, 5.74) is 12.3. The molecule has 0 aromatic heterocycles. The molecule has 15 heavy (non-hydrogen) atoms. The average Bonchev–Trinajstić information content (AvgIpc) is 2.18. The maximum atomic E-state index is 5.93. The first kappa shape index (κ1) is 14.5. The zero-order valence-corrected chi connectivity index (χ0v) is 10.1. The van der Waals surface area contributed by atoms with Gasteiger partial charge in [0.1, 0.15) is 5.75 Å². The molecule has 0 fully saturated rings. The Balaban J connectivity index is 0.00000196. The Morgan fingerprint density at radius 1 is 1.47 bits per heavy atom. The van der Waals surface area contributed by atoms with Crippen LogP contribution in [0.5, 0.6) is 5.75 Å². The van der Waals surface area contributed by atoms with Crippen LogP contribution in [0.15, 0.2) is 18.2 Å². The van der Waals surface area contributed by atoms with Crippen molar-refractivity contribution in [2.24, 2.45) is 11.5 Å². The number of rotatable bonds is 4. The van der Waals surface area contributed by atoms with E-state index in [1.54, 1.807) is 13.2 Å². The molecule has 0 radical (unpaired) electrons. The number of halogens is 2. The minimum atomic E-state index is -0.117. The van der Waals surface area contributed by atoms with Gasteiger partial charge in [0.2, 0.25) is 0 Å². The second-order valence-corrected chi connectivity index (χ2v) is 3.51. The number of benzene rings is 1. The highest BCUT2D eigenvalue weighted by Crippen LogP contribution is 2.28. The summed E-state index contributed by atoms with van der Waals surface area (Å²) >= 11 is 5.88. The molecule has 1 aromatic carbocycles. The third kappa shape index (κ3) is 3.87. The molecule has 0 heterocycles. The van der Waals surface area contributed by atoms with E-state index in [0.29, 0.717) is 11.6 Å². The predicted molar refractivity (Wildman–Crippen MR) is 65.9 cm³/mol. The van der Waals surface area contributed by atoms with E-state index in [-0.39, 0.29) is 18.4 Å². The molecule has 0 unspecified atom stereocenters. The summed E-state index contributed by atoms with van der Waals surface area (Å²) in [7, 11) is 1.61. The Bertz CT molecular complexity index is 307. The molecule has 0 amide bonds. The van der Waals surface area contributed by atoms with Gasteiger partial charge >= 0.3 is 0 Å². The van der Waals surface area contributed by atoms with E-state index in [4.69, 9.17) is 27.8 Å². The number of ether oxygens (including phenoxy) is 1. The fourth-order valence-corrected chi connectivity index (χ4v) is 1.51. The number of nitrogens with two attached hydrogens (primary N) is 2. The van der Waals surface area contributed by atoms with Gasteiger partial charge < -0.3 is 16.2 Å². The average molecular weight is 251 g/mol. The molecule has 0 bridgehead atoms. The molecule has 5 heteroatoms. The lowest BCUT2D eigenvalue weighted by atomic mass is 10.0. The Morgan fingerprint density at radius 2 is 2.13 bits per heavy atom. The summed E-state index contributed by atoms with van der Waals surface area (Å²) in [6.07, 6.45) is 0.719. The molecule has 0 saturated heterocycles.